The average molecular weight is 263 g/mol. The first-order valence-electron chi connectivity index (χ1n) is 6.36. The van der Waals surface area contributed by atoms with Gasteiger partial charge in [0.1, 0.15) is 0 Å². The van der Waals surface area contributed by atoms with Crippen LogP contribution in [0.5, 0.6) is 0 Å². The van der Waals surface area contributed by atoms with Crippen LogP contribution >= 0.6 is 11.3 Å². The molecule has 0 saturated heterocycles. The zero-order chi connectivity index (χ0) is 12.5. The van der Waals surface area contributed by atoms with E-state index in [4.69, 9.17) is 10.3 Å². The highest BCUT2D eigenvalue weighted by atomic mass is 32.1. The van der Waals surface area contributed by atoms with Crippen LogP contribution in [0.2, 0.25) is 0 Å². The smallest absolute Gasteiger partial charge is 0.230 e. The number of nitrogens with zero attached hydrogens (tertiary/aromatic N) is 2. The highest BCUT2D eigenvalue weighted by Crippen LogP contribution is 2.39. The van der Waals surface area contributed by atoms with Crippen LogP contribution in [0.25, 0.3) is 11.4 Å². The van der Waals surface area contributed by atoms with Crippen molar-refractivity contribution in [1.29, 1.82) is 0 Å². The Balaban J connectivity index is 1.88. The molecule has 1 aliphatic carbocycles. The number of aryl methyl sites for hydroxylation is 1. The normalized spacial score (nSPS) is 23.7. The van der Waals surface area contributed by atoms with E-state index in [2.05, 4.69) is 27.8 Å². The third kappa shape index (κ3) is 1.97. The van der Waals surface area contributed by atoms with Crippen molar-refractivity contribution in [2.45, 2.75) is 32.1 Å². The highest BCUT2D eigenvalue weighted by Gasteiger charge is 2.32. The minimum atomic E-state index is 0.357. The molecule has 2 unspecified atom stereocenters. The standard InChI is InChI=1S/C13H17N3OS/c1-8-6-18-7-11(8)12-15-13(17-16-12)10-4-2-3-9(10)5-14/h6-7,9-10H,2-5,14H2,1H3. The van der Waals surface area contributed by atoms with Gasteiger partial charge in [-0.2, -0.15) is 16.3 Å². The molecular formula is C13H17N3OS. The van der Waals surface area contributed by atoms with Gasteiger partial charge in [-0.15, -0.1) is 0 Å². The molecule has 1 aliphatic rings. The summed E-state index contributed by atoms with van der Waals surface area (Å²) >= 11 is 1.67. The van der Waals surface area contributed by atoms with E-state index in [-0.39, 0.29) is 0 Å². The van der Waals surface area contributed by atoms with Gasteiger partial charge in [-0.3, -0.25) is 0 Å². The SMILES string of the molecule is Cc1cscc1-c1noc(C2CCCC2CN)n1. The van der Waals surface area contributed by atoms with Crippen molar-refractivity contribution >= 4 is 11.3 Å². The van der Waals surface area contributed by atoms with Crippen LogP contribution in [-0.2, 0) is 0 Å². The fraction of sp³-hybridized carbons (Fsp3) is 0.538. The van der Waals surface area contributed by atoms with E-state index in [0.29, 0.717) is 24.2 Å². The molecule has 0 bridgehead atoms. The molecule has 2 atom stereocenters. The summed E-state index contributed by atoms with van der Waals surface area (Å²) in [5.74, 6) is 2.34. The predicted octanol–water partition coefficient (Wildman–Crippen LogP) is 2.95. The summed E-state index contributed by atoms with van der Waals surface area (Å²) in [6, 6.07) is 0. The maximum absolute atomic E-state index is 5.80. The van der Waals surface area contributed by atoms with Crippen molar-refractivity contribution in [1.82, 2.24) is 10.1 Å². The molecule has 3 rings (SSSR count). The summed E-state index contributed by atoms with van der Waals surface area (Å²) in [6.07, 6.45) is 3.50. The number of hydrogen-bond acceptors (Lipinski definition) is 5. The molecule has 0 radical (unpaired) electrons. The number of hydrogen-bond donors (Lipinski definition) is 1. The van der Waals surface area contributed by atoms with Crippen LogP contribution in [-0.4, -0.2) is 16.7 Å². The summed E-state index contributed by atoms with van der Waals surface area (Å²) in [5, 5.41) is 8.28. The molecule has 0 amide bonds. The lowest BCUT2D eigenvalue weighted by Crippen LogP contribution is -2.17. The Kier molecular flexibility index (Phi) is 3.18. The molecule has 1 saturated carbocycles. The number of nitrogens with two attached hydrogens (primary N) is 1. The van der Waals surface area contributed by atoms with Gasteiger partial charge < -0.3 is 10.3 Å². The minimum absolute atomic E-state index is 0.357. The maximum Gasteiger partial charge on any atom is 0.230 e. The molecule has 2 N–H and O–H groups in total. The molecule has 0 aliphatic heterocycles. The molecule has 96 valence electrons. The monoisotopic (exact) mass is 263 g/mol. The molecule has 2 heterocycles. The van der Waals surface area contributed by atoms with Crippen LogP contribution in [0.15, 0.2) is 15.3 Å². The zero-order valence-electron chi connectivity index (χ0n) is 10.4. The molecule has 4 nitrogen and oxygen atoms in total. The van der Waals surface area contributed by atoms with Gasteiger partial charge in [0.15, 0.2) is 0 Å². The van der Waals surface area contributed by atoms with Crippen LogP contribution in [0.4, 0.5) is 0 Å². The van der Waals surface area contributed by atoms with Gasteiger partial charge in [0.05, 0.1) is 0 Å². The van der Waals surface area contributed by atoms with Gasteiger partial charge in [0.25, 0.3) is 0 Å². The van der Waals surface area contributed by atoms with Crippen molar-refractivity contribution in [3.05, 3.63) is 22.2 Å². The van der Waals surface area contributed by atoms with Crippen molar-refractivity contribution in [2.24, 2.45) is 11.7 Å². The van der Waals surface area contributed by atoms with Crippen LogP contribution in [0.3, 0.4) is 0 Å². The molecule has 0 spiro atoms. The van der Waals surface area contributed by atoms with Gasteiger partial charge in [-0.05, 0) is 43.2 Å². The maximum atomic E-state index is 5.80. The van der Waals surface area contributed by atoms with Crippen LogP contribution < -0.4 is 5.73 Å². The van der Waals surface area contributed by atoms with E-state index in [0.717, 1.165) is 17.9 Å². The topological polar surface area (TPSA) is 64.9 Å². The molecule has 2 aromatic heterocycles. The fourth-order valence-corrected chi connectivity index (χ4v) is 3.56. The molecular weight excluding hydrogens is 246 g/mol. The average Bonchev–Trinajstić information content (AvgIpc) is 3.06. The first-order valence-corrected chi connectivity index (χ1v) is 7.30. The summed E-state index contributed by atoms with van der Waals surface area (Å²) in [5.41, 5.74) is 8.08. The van der Waals surface area contributed by atoms with Gasteiger partial charge in [0.2, 0.25) is 11.7 Å². The van der Waals surface area contributed by atoms with Gasteiger partial charge in [-0.1, -0.05) is 11.6 Å². The van der Waals surface area contributed by atoms with E-state index < -0.39 is 0 Å². The lowest BCUT2D eigenvalue weighted by atomic mass is 9.96. The second-order valence-electron chi connectivity index (χ2n) is 4.96. The third-order valence-corrected chi connectivity index (χ3v) is 4.68. The second kappa shape index (κ2) is 4.82. The molecule has 1 fully saturated rings. The van der Waals surface area contributed by atoms with Gasteiger partial charge in [0, 0.05) is 16.9 Å². The highest BCUT2D eigenvalue weighted by molar-refractivity contribution is 7.08. The summed E-state index contributed by atoms with van der Waals surface area (Å²) in [6.45, 7) is 2.78. The molecule has 0 aromatic carbocycles. The second-order valence-corrected chi connectivity index (χ2v) is 5.70. The Bertz CT molecular complexity index is 534. The Labute approximate surface area is 110 Å². The number of aromatic nitrogens is 2. The number of rotatable bonds is 3. The first kappa shape index (κ1) is 11.9. The van der Waals surface area contributed by atoms with Gasteiger partial charge in [-0.25, -0.2) is 0 Å². The van der Waals surface area contributed by atoms with Crippen LogP contribution in [0, 0.1) is 12.8 Å². The zero-order valence-corrected chi connectivity index (χ0v) is 11.2. The molecule has 18 heavy (non-hydrogen) atoms. The molecule has 5 heteroatoms. The minimum Gasteiger partial charge on any atom is -0.339 e. The van der Waals surface area contributed by atoms with Crippen molar-refractivity contribution in [3.8, 4) is 11.4 Å². The predicted molar refractivity (Wildman–Crippen MR) is 71.5 cm³/mol. The van der Waals surface area contributed by atoms with E-state index in [1.165, 1.54) is 18.4 Å². The Morgan fingerprint density at radius 3 is 3.06 bits per heavy atom. The molecule has 2 aromatic rings. The lowest BCUT2D eigenvalue weighted by Gasteiger charge is -2.12. The van der Waals surface area contributed by atoms with Crippen molar-refractivity contribution in [3.63, 3.8) is 0 Å². The van der Waals surface area contributed by atoms with Crippen LogP contribution in [0.1, 0.15) is 36.6 Å². The lowest BCUT2D eigenvalue weighted by molar-refractivity contribution is 0.326. The van der Waals surface area contributed by atoms with Crippen molar-refractivity contribution in [2.75, 3.05) is 6.54 Å². The van der Waals surface area contributed by atoms with E-state index in [9.17, 15) is 0 Å². The first-order chi connectivity index (χ1) is 8.79. The number of thiophene rings is 1. The Morgan fingerprint density at radius 2 is 2.33 bits per heavy atom. The Hall–Kier alpha value is -1.20. The van der Waals surface area contributed by atoms with E-state index in [1.807, 2.05) is 0 Å². The van der Waals surface area contributed by atoms with E-state index >= 15 is 0 Å². The third-order valence-electron chi connectivity index (χ3n) is 3.82. The summed E-state index contributed by atoms with van der Waals surface area (Å²) in [7, 11) is 0. The largest absolute Gasteiger partial charge is 0.339 e. The summed E-state index contributed by atoms with van der Waals surface area (Å²) in [4.78, 5) is 4.57. The quantitative estimate of drug-likeness (QED) is 0.924. The van der Waals surface area contributed by atoms with Gasteiger partial charge >= 0.3 is 0 Å². The van der Waals surface area contributed by atoms with Crippen molar-refractivity contribution < 1.29 is 4.52 Å². The summed E-state index contributed by atoms with van der Waals surface area (Å²) < 4.78 is 5.45. The van der Waals surface area contributed by atoms with E-state index in [1.54, 1.807) is 11.3 Å². The Morgan fingerprint density at radius 1 is 1.44 bits per heavy atom. The fourth-order valence-electron chi connectivity index (χ4n) is 2.73.